The number of aryl methyl sites for hydroxylation is 1. The Morgan fingerprint density at radius 1 is 1.35 bits per heavy atom. The maximum atomic E-state index is 12.2. The fourth-order valence-corrected chi connectivity index (χ4v) is 1.73. The van der Waals surface area contributed by atoms with Crippen molar-refractivity contribution in [1.29, 1.82) is 0 Å². The molecule has 1 unspecified atom stereocenters. The van der Waals surface area contributed by atoms with Gasteiger partial charge in [0.2, 0.25) is 0 Å². The molecule has 0 aliphatic rings. The van der Waals surface area contributed by atoms with Gasteiger partial charge in [-0.15, -0.1) is 0 Å². The van der Waals surface area contributed by atoms with Crippen LogP contribution in [0.3, 0.4) is 0 Å². The number of rotatable bonds is 3. The average Bonchev–Trinajstić information content (AvgIpc) is 2.35. The largest absolute Gasteiger partial charge is 0.444 e. The number of likely N-dealkylation sites (N-methyl/N-ethyl adjacent to an activating group) is 1. The van der Waals surface area contributed by atoms with E-state index in [1.807, 2.05) is 0 Å². The van der Waals surface area contributed by atoms with Crippen molar-refractivity contribution >= 4 is 12.4 Å². The second-order valence-electron chi connectivity index (χ2n) is 5.83. The molecule has 0 spiro atoms. The highest BCUT2D eigenvalue weighted by Crippen LogP contribution is 2.27. The van der Waals surface area contributed by atoms with Gasteiger partial charge in [0, 0.05) is 24.5 Å². The number of hydrogen-bond donors (Lipinski definition) is 0. The topological polar surface area (TPSA) is 72.4 Å². The monoisotopic (exact) mass is 279 g/mol. The van der Waals surface area contributed by atoms with Gasteiger partial charge in [0.15, 0.2) is 0 Å². The summed E-state index contributed by atoms with van der Waals surface area (Å²) in [7, 11) is 1.52. The van der Waals surface area contributed by atoms with Gasteiger partial charge in [0.05, 0.1) is 0 Å². The highest BCUT2D eigenvalue weighted by Gasteiger charge is 2.38. The van der Waals surface area contributed by atoms with Gasteiger partial charge in [0.1, 0.15) is 23.8 Å². The Hall–Kier alpha value is -1.98. The van der Waals surface area contributed by atoms with Crippen LogP contribution < -0.4 is 0 Å². The number of nitrogens with zero attached hydrogens (tertiary/aromatic N) is 3. The summed E-state index contributed by atoms with van der Waals surface area (Å²) in [5.41, 5.74) is -0.584. The normalized spacial score (nSPS) is 14.3. The van der Waals surface area contributed by atoms with Crippen molar-refractivity contribution in [2.45, 2.75) is 45.8 Å². The molecule has 6 nitrogen and oxygen atoms in total. The van der Waals surface area contributed by atoms with Crippen LogP contribution in [-0.4, -0.2) is 39.9 Å². The highest BCUT2D eigenvalue weighted by molar-refractivity contribution is 5.78. The summed E-state index contributed by atoms with van der Waals surface area (Å²) in [6.07, 6.45) is 3.06. The van der Waals surface area contributed by atoms with Crippen molar-refractivity contribution in [3.8, 4) is 0 Å². The van der Waals surface area contributed by atoms with Crippen molar-refractivity contribution < 1.29 is 14.3 Å². The third kappa shape index (κ3) is 3.31. The molecule has 1 rings (SSSR count). The van der Waals surface area contributed by atoms with Gasteiger partial charge in [-0.3, -0.25) is 4.90 Å². The fraction of sp³-hybridized carbons (Fsp3) is 0.571. The van der Waals surface area contributed by atoms with Crippen molar-refractivity contribution in [2.75, 3.05) is 7.05 Å². The molecule has 6 heteroatoms. The average molecular weight is 279 g/mol. The van der Waals surface area contributed by atoms with Crippen LogP contribution in [0.5, 0.6) is 0 Å². The Morgan fingerprint density at radius 2 is 1.95 bits per heavy atom. The van der Waals surface area contributed by atoms with Crippen LogP contribution in [0.4, 0.5) is 4.79 Å². The lowest BCUT2D eigenvalue weighted by molar-refractivity contribution is -0.117. The zero-order valence-electron chi connectivity index (χ0n) is 12.8. The van der Waals surface area contributed by atoms with Gasteiger partial charge < -0.3 is 9.53 Å². The smallest absolute Gasteiger partial charge is 0.411 e. The molecule has 0 aromatic carbocycles. The van der Waals surface area contributed by atoms with Gasteiger partial charge in [-0.2, -0.15) is 0 Å². The zero-order valence-corrected chi connectivity index (χ0v) is 12.8. The first-order valence-corrected chi connectivity index (χ1v) is 6.32. The summed E-state index contributed by atoms with van der Waals surface area (Å²) < 4.78 is 5.30. The summed E-state index contributed by atoms with van der Waals surface area (Å²) in [4.78, 5) is 33.0. The number of carbonyl (C=O) groups excluding carboxylic acids is 2. The van der Waals surface area contributed by atoms with Crippen LogP contribution >= 0.6 is 0 Å². The molecule has 1 aromatic heterocycles. The number of aromatic nitrogens is 2. The first kappa shape index (κ1) is 16.1. The lowest BCUT2D eigenvalue weighted by atomic mass is 9.92. The van der Waals surface area contributed by atoms with Crippen LogP contribution in [0.15, 0.2) is 12.5 Å². The molecule has 1 aromatic rings. The summed E-state index contributed by atoms with van der Waals surface area (Å²) in [5, 5.41) is 0. The molecular weight excluding hydrogens is 258 g/mol. The predicted molar refractivity (Wildman–Crippen MR) is 74.2 cm³/mol. The van der Waals surface area contributed by atoms with Crippen molar-refractivity contribution in [2.24, 2.45) is 0 Å². The van der Waals surface area contributed by atoms with E-state index in [-0.39, 0.29) is 0 Å². The molecule has 0 saturated carbocycles. The second-order valence-corrected chi connectivity index (χ2v) is 5.83. The molecule has 0 fully saturated rings. The summed E-state index contributed by atoms with van der Waals surface area (Å²) >= 11 is 0. The highest BCUT2D eigenvalue weighted by atomic mass is 16.6. The molecule has 0 saturated heterocycles. The van der Waals surface area contributed by atoms with Gasteiger partial charge in [0.25, 0.3) is 0 Å². The lowest BCUT2D eigenvalue weighted by Crippen LogP contribution is -2.48. The minimum Gasteiger partial charge on any atom is -0.444 e. The minimum atomic E-state index is -1.17. The van der Waals surface area contributed by atoms with E-state index in [1.165, 1.54) is 24.5 Å². The third-order valence-electron chi connectivity index (χ3n) is 3.05. The number of ether oxygens (including phenoxy) is 1. The molecule has 0 radical (unpaired) electrons. The van der Waals surface area contributed by atoms with Gasteiger partial charge in [-0.1, -0.05) is 0 Å². The minimum absolute atomic E-state index is 0.573. The lowest BCUT2D eigenvalue weighted by Gasteiger charge is -2.35. The maximum absolute atomic E-state index is 12.2. The Labute approximate surface area is 119 Å². The Kier molecular flexibility index (Phi) is 4.47. The quantitative estimate of drug-likeness (QED) is 0.792. The van der Waals surface area contributed by atoms with Gasteiger partial charge in [-0.25, -0.2) is 14.8 Å². The molecular formula is C14H21N3O3. The second kappa shape index (κ2) is 5.56. The first-order chi connectivity index (χ1) is 9.12. The maximum Gasteiger partial charge on any atom is 0.411 e. The number of aldehydes is 1. The molecule has 1 atom stereocenters. The van der Waals surface area contributed by atoms with E-state index in [9.17, 15) is 9.59 Å². The van der Waals surface area contributed by atoms with E-state index in [4.69, 9.17) is 4.74 Å². The van der Waals surface area contributed by atoms with Crippen molar-refractivity contribution in [1.82, 2.24) is 14.9 Å². The summed E-state index contributed by atoms with van der Waals surface area (Å²) in [5.74, 6) is 0. The van der Waals surface area contributed by atoms with Gasteiger partial charge in [-0.05, 0) is 34.6 Å². The van der Waals surface area contributed by atoms with E-state index in [1.54, 1.807) is 34.6 Å². The SMILES string of the molecule is Cc1ncncc1C(C)(C=O)N(C)C(=O)OC(C)(C)C. The van der Waals surface area contributed by atoms with E-state index >= 15 is 0 Å². The third-order valence-corrected chi connectivity index (χ3v) is 3.05. The van der Waals surface area contributed by atoms with E-state index in [0.717, 1.165) is 0 Å². The van der Waals surface area contributed by atoms with Crippen LogP contribution in [0.25, 0.3) is 0 Å². The fourth-order valence-electron chi connectivity index (χ4n) is 1.73. The molecule has 0 bridgehead atoms. The zero-order chi connectivity index (χ0) is 15.6. The standard InChI is InChI=1S/C14H21N3O3/c1-10-11(7-15-9-16-10)14(5,8-18)17(6)12(19)20-13(2,3)4/h7-9H,1-6H3. The van der Waals surface area contributed by atoms with Gasteiger partial charge >= 0.3 is 6.09 Å². The molecule has 0 aliphatic carbocycles. The number of carbonyl (C=O) groups is 2. The predicted octanol–water partition coefficient (Wildman–Crippen LogP) is 2.07. The number of hydrogen-bond acceptors (Lipinski definition) is 5. The first-order valence-electron chi connectivity index (χ1n) is 6.32. The molecule has 20 heavy (non-hydrogen) atoms. The van der Waals surface area contributed by atoms with E-state index in [0.29, 0.717) is 17.5 Å². The van der Waals surface area contributed by atoms with Crippen LogP contribution in [0, 0.1) is 6.92 Å². The Bertz CT molecular complexity index is 511. The van der Waals surface area contributed by atoms with Crippen molar-refractivity contribution in [3.05, 3.63) is 23.8 Å². The molecule has 0 aliphatic heterocycles. The van der Waals surface area contributed by atoms with E-state index < -0.39 is 17.2 Å². The molecule has 110 valence electrons. The van der Waals surface area contributed by atoms with Crippen molar-refractivity contribution in [3.63, 3.8) is 0 Å². The Morgan fingerprint density at radius 3 is 2.40 bits per heavy atom. The molecule has 0 N–H and O–H groups in total. The van der Waals surface area contributed by atoms with Crippen LogP contribution in [0.2, 0.25) is 0 Å². The van der Waals surface area contributed by atoms with E-state index in [2.05, 4.69) is 9.97 Å². The van der Waals surface area contributed by atoms with Crippen LogP contribution in [-0.2, 0) is 15.1 Å². The molecule has 1 heterocycles. The summed E-state index contributed by atoms with van der Waals surface area (Å²) in [6.45, 7) is 8.72. The summed E-state index contributed by atoms with van der Waals surface area (Å²) in [6, 6.07) is 0. The number of amides is 1. The Balaban J connectivity index is 3.14. The molecule has 1 amide bonds. The van der Waals surface area contributed by atoms with Crippen LogP contribution in [0.1, 0.15) is 39.0 Å².